The van der Waals surface area contributed by atoms with E-state index in [0.717, 1.165) is 6.42 Å². The standard InChI is InChI=1S/C20H22N2O6/c1-3-10-27-20(25)15-5-7-16(8-6-15)28-13-19(24)22-21-12-14-4-9-18(26-2)17(23)11-14/h4-9,11-12,23H,3,10,13H2,1-2H3,(H,22,24)/b21-12+. The fraction of sp³-hybridized carbons (Fsp3) is 0.250. The first-order valence-corrected chi connectivity index (χ1v) is 8.62. The Labute approximate surface area is 162 Å². The SMILES string of the molecule is CCCOC(=O)c1ccc(OCC(=O)N/N=C/c2ccc(OC)c(O)c2)cc1. The minimum Gasteiger partial charge on any atom is -0.504 e. The van der Waals surface area contributed by atoms with E-state index in [1.54, 1.807) is 36.4 Å². The molecule has 0 saturated carbocycles. The normalized spacial score (nSPS) is 10.5. The van der Waals surface area contributed by atoms with Gasteiger partial charge in [0.15, 0.2) is 18.1 Å². The fourth-order valence-electron chi connectivity index (χ4n) is 2.11. The summed E-state index contributed by atoms with van der Waals surface area (Å²) in [6, 6.07) is 11.0. The summed E-state index contributed by atoms with van der Waals surface area (Å²) in [5.74, 6) is -0.0981. The van der Waals surface area contributed by atoms with Crippen LogP contribution in [-0.2, 0) is 9.53 Å². The molecule has 0 aromatic heterocycles. The molecule has 0 aliphatic heterocycles. The highest BCUT2D eigenvalue weighted by Crippen LogP contribution is 2.25. The van der Waals surface area contributed by atoms with Gasteiger partial charge in [-0.1, -0.05) is 6.92 Å². The Bertz CT molecular complexity index is 833. The van der Waals surface area contributed by atoms with Crippen molar-refractivity contribution in [2.45, 2.75) is 13.3 Å². The van der Waals surface area contributed by atoms with Crippen LogP contribution in [-0.4, -0.2) is 43.5 Å². The number of esters is 1. The molecule has 2 aromatic carbocycles. The van der Waals surface area contributed by atoms with Crippen molar-refractivity contribution in [3.8, 4) is 17.2 Å². The molecule has 2 aromatic rings. The summed E-state index contributed by atoms with van der Waals surface area (Å²) >= 11 is 0. The third-order valence-corrected chi connectivity index (χ3v) is 3.50. The largest absolute Gasteiger partial charge is 0.504 e. The average Bonchev–Trinajstić information content (AvgIpc) is 2.71. The van der Waals surface area contributed by atoms with Crippen molar-refractivity contribution in [3.05, 3.63) is 53.6 Å². The molecule has 0 saturated heterocycles. The molecule has 8 heteroatoms. The smallest absolute Gasteiger partial charge is 0.338 e. The maximum Gasteiger partial charge on any atom is 0.338 e. The number of methoxy groups -OCH3 is 1. The summed E-state index contributed by atoms with van der Waals surface area (Å²) in [6.07, 6.45) is 2.14. The Morgan fingerprint density at radius 2 is 1.93 bits per heavy atom. The van der Waals surface area contributed by atoms with E-state index in [0.29, 0.717) is 29.2 Å². The zero-order valence-corrected chi connectivity index (χ0v) is 15.7. The van der Waals surface area contributed by atoms with Gasteiger partial charge in [-0.15, -0.1) is 0 Å². The summed E-state index contributed by atoms with van der Waals surface area (Å²) in [5, 5.41) is 13.5. The lowest BCUT2D eigenvalue weighted by atomic mass is 10.2. The molecule has 1 amide bonds. The number of carbonyl (C=O) groups is 2. The number of hydrogen-bond acceptors (Lipinski definition) is 7. The summed E-state index contributed by atoms with van der Waals surface area (Å²) in [4.78, 5) is 23.5. The van der Waals surface area contributed by atoms with Crippen LogP contribution in [0.1, 0.15) is 29.3 Å². The number of phenols is 1. The first-order valence-electron chi connectivity index (χ1n) is 8.62. The monoisotopic (exact) mass is 386 g/mol. The van der Waals surface area contributed by atoms with E-state index in [1.165, 1.54) is 19.4 Å². The molecule has 0 atom stereocenters. The number of nitrogens with zero attached hydrogens (tertiary/aromatic N) is 1. The van der Waals surface area contributed by atoms with Gasteiger partial charge in [0.1, 0.15) is 5.75 Å². The van der Waals surface area contributed by atoms with Crippen molar-refractivity contribution in [1.82, 2.24) is 5.43 Å². The fourth-order valence-corrected chi connectivity index (χ4v) is 2.11. The van der Waals surface area contributed by atoms with E-state index in [1.807, 2.05) is 6.92 Å². The van der Waals surface area contributed by atoms with Crippen molar-refractivity contribution in [2.24, 2.45) is 5.10 Å². The maximum atomic E-state index is 11.8. The predicted molar refractivity (Wildman–Crippen MR) is 103 cm³/mol. The van der Waals surface area contributed by atoms with Gasteiger partial charge in [-0.3, -0.25) is 4.79 Å². The number of rotatable bonds is 9. The van der Waals surface area contributed by atoms with E-state index in [2.05, 4.69) is 10.5 Å². The van der Waals surface area contributed by atoms with Crippen molar-refractivity contribution in [1.29, 1.82) is 0 Å². The lowest BCUT2D eigenvalue weighted by Crippen LogP contribution is -2.24. The van der Waals surface area contributed by atoms with Crippen molar-refractivity contribution < 1.29 is 28.9 Å². The number of carbonyl (C=O) groups excluding carboxylic acids is 2. The first kappa shape index (κ1) is 20.8. The number of hydrogen-bond donors (Lipinski definition) is 2. The molecule has 2 N–H and O–H groups in total. The third-order valence-electron chi connectivity index (χ3n) is 3.50. The van der Waals surface area contributed by atoms with Gasteiger partial charge in [0, 0.05) is 0 Å². The van der Waals surface area contributed by atoms with Gasteiger partial charge in [0.05, 0.1) is 25.5 Å². The van der Waals surface area contributed by atoms with Crippen LogP contribution in [0.5, 0.6) is 17.2 Å². The highest BCUT2D eigenvalue weighted by molar-refractivity contribution is 5.89. The number of benzene rings is 2. The van der Waals surface area contributed by atoms with Crippen LogP contribution in [0.4, 0.5) is 0 Å². The lowest BCUT2D eigenvalue weighted by Gasteiger charge is -2.07. The second kappa shape index (κ2) is 10.6. The second-order valence-electron chi connectivity index (χ2n) is 5.67. The molecule has 0 radical (unpaired) electrons. The number of hydrazone groups is 1. The quantitative estimate of drug-likeness (QED) is 0.390. The molecule has 2 rings (SSSR count). The lowest BCUT2D eigenvalue weighted by molar-refractivity contribution is -0.123. The third kappa shape index (κ3) is 6.31. The number of aromatic hydroxyl groups is 1. The van der Waals surface area contributed by atoms with Gasteiger partial charge < -0.3 is 19.3 Å². The molecule has 0 bridgehead atoms. The molecule has 0 unspecified atom stereocenters. The molecule has 0 aliphatic carbocycles. The Morgan fingerprint density at radius 3 is 2.57 bits per heavy atom. The molecule has 0 heterocycles. The average molecular weight is 386 g/mol. The van der Waals surface area contributed by atoms with Gasteiger partial charge in [-0.25, -0.2) is 10.2 Å². The zero-order chi connectivity index (χ0) is 20.4. The van der Waals surface area contributed by atoms with Gasteiger partial charge in [0.2, 0.25) is 0 Å². The minimum atomic E-state index is -0.458. The number of phenolic OH excluding ortho intramolecular Hbond substituents is 1. The molecular weight excluding hydrogens is 364 g/mol. The highest BCUT2D eigenvalue weighted by Gasteiger charge is 2.07. The molecule has 148 valence electrons. The molecule has 28 heavy (non-hydrogen) atoms. The van der Waals surface area contributed by atoms with Crippen LogP contribution in [0.15, 0.2) is 47.6 Å². The van der Waals surface area contributed by atoms with Crippen molar-refractivity contribution in [2.75, 3.05) is 20.3 Å². The van der Waals surface area contributed by atoms with Crippen molar-refractivity contribution in [3.63, 3.8) is 0 Å². The van der Waals surface area contributed by atoms with E-state index in [4.69, 9.17) is 14.2 Å². The van der Waals surface area contributed by atoms with Gasteiger partial charge in [0.25, 0.3) is 5.91 Å². The Morgan fingerprint density at radius 1 is 1.18 bits per heavy atom. The van der Waals surface area contributed by atoms with Gasteiger partial charge in [-0.2, -0.15) is 5.10 Å². The van der Waals surface area contributed by atoms with Crippen LogP contribution in [0.25, 0.3) is 0 Å². The van der Waals surface area contributed by atoms with Crippen LogP contribution < -0.4 is 14.9 Å². The van der Waals surface area contributed by atoms with Crippen LogP contribution in [0.2, 0.25) is 0 Å². The van der Waals surface area contributed by atoms with Crippen LogP contribution >= 0.6 is 0 Å². The minimum absolute atomic E-state index is 0.0249. The molecule has 0 aliphatic rings. The number of amides is 1. The van der Waals surface area contributed by atoms with E-state index >= 15 is 0 Å². The van der Waals surface area contributed by atoms with Gasteiger partial charge >= 0.3 is 5.97 Å². The predicted octanol–water partition coefficient (Wildman–Crippen LogP) is 2.50. The number of ether oxygens (including phenoxy) is 3. The Hall–Kier alpha value is -3.55. The molecule has 0 spiro atoms. The zero-order valence-electron chi connectivity index (χ0n) is 15.7. The van der Waals surface area contributed by atoms with E-state index < -0.39 is 11.9 Å². The van der Waals surface area contributed by atoms with Crippen LogP contribution in [0.3, 0.4) is 0 Å². The molecule has 0 fully saturated rings. The number of nitrogens with one attached hydrogen (secondary N) is 1. The first-order chi connectivity index (χ1) is 13.5. The van der Waals surface area contributed by atoms with E-state index in [-0.39, 0.29) is 12.4 Å². The van der Waals surface area contributed by atoms with Gasteiger partial charge in [-0.05, 0) is 54.4 Å². The molecule has 8 nitrogen and oxygen atoms in total. The topological polar surface area (TPSA) is 106 Å². The highest BCUT2D eigenvalue weighted by atomic mass is 16.5. The summed E-state index contributed by atoms with van der Waals surface area (Å²) < 4.78 is 15.3. The van der Waals surface area contributed by atoms with E-state index in [9.17, 15) is 14.7 Å². The maximum absolute atomic E-state index is 11.8. The van der Waals surface area contributed by atoms with Crippen LogP contribution in [0, 0.1) is 0 Å². The Kier molecular flexibility index (Phi) is 7.83. The summed E-state index contributed by atoms with van der Waals surface area (Å²) in [5.41, 5.74) is 3.32. The van der Waals surface area contributed by atoms with Crippen molar-refractivity contribution >= 4 is 18.1 Å². The Balaban J connectivity index is 1.79. The summed E-state index contributed by atoms with van der Waals surface area (Å²) in [6.45, 7) is 2.04. The molecular formula is C20H22N2O6. The summed E-state index contributed by atoms with van der Waals surface area (Å²) in [7, 11) is 1.45. The second-order valence-corrected chi connectivity index (χ2v) is 5.67.